The van der Waals surface area contributed by atoms with Crippen LogP contribution in [-0.4, -0.2) is 34.2 Å². The summed E-state index contributed by atoms with van der Waals surface area (Å²) in [5, 5.41) is 18.8. The molecule has 25 heavy (non-hydrogen) atoms. The number of benzene rings is 2. The number of likely N-dealkylation sites (tertiary alicyclic amines) is 1. The summed E-state index contributed by atoms with van der Waals surface area (Å²) in [7, 11) is 2.28. The second-order valence-electron chi connectivity index (χ2n) is 7.31. The topological polar surface area (TPSA) is 43.7 Å². The van der Waals surface area contributed by atoms with E-state index in [0.717, 1.165) is 12.8 Å². The minimum absolute atomic E-state index is 0.341. The Bertz CT molecular complexity index is 593. The number of hydrogen-bond acceptors (Lipinski definition) is 3. The first kappa shape index (κ1) is 17.8. The molecule has 0 amide bonds. The van der Waals surface area contributed by atoms with Gasteiger partial charge in [0.05, 0.1) is 0 Å². The fraction of sp³-hybridized carbons (Fsp3) is 0.455. The van der Waals surface area contributed by atoms with Crippen LogP contribution in [-0.2, 0) is 12.8 Å². The first-order valence-corrected chi connectivity index (χ1v) is 9.39. The molecule has 0 spiro atoms. The quantitative estimate of drug-likeness (QED) is 0.813. The van der Waals surface area contributed by atoms with Crippen molar-refractivity contribution in [2.75, 3.05) is 7.05 Å². The Balaban J connectivity index is 1.50. The molecule has 2 aromatic rings. The van der Waals surface area contributed by atoms with E-state index in [0.29, 0.717) is 23.6 Å². The fourth-order valence-corrected chi connectivity index (χ4v) is 3.98. The van der Waals surface area contributed by atoms with Crippen LogP contribution in [0.1, 0.15) is 43.2 Å². The van der Waals surface area contributed by atoms with Crippen LogP contribution in [0.5, 0.6) is 11.5 Å². The summed E-state index contributed by atoms with van der Waals surface area (Å²) < 4.78 is 0. The molecule has 1 aliphatic rings. The summed E-state index contributed by atoms with van der Waals surface area (Å²) in [6, 6.07) is 16.5. The Morgan fingerprint density at radius 1 is 0.760 bits per heavy atom. The number of piperidine rings is 1. The fourth-order valence-electron chi connectivity index (χ4n) is 3.98. The molecule has 2 atom stereocenters. The number of hydrogen-bond donors (Lipinski definition) is 2. The van der Waals surface area contributed by atoms with Crippen molar-refractivity contribution in [1.82, 2.24) is 4.90 Å². The lowest BCUT2D eigenvalue weighted by molar-refractivity contribution is 0.103. The zero-order chi connectivity index (χ0) is 17.6. The first-order chi connectivity index (χ1) is 12.1. The van der Waals surface area contributed by atoms with Crippen LogP contribution in [0.25, 0.3) is 0 Å². The van der Waals surface area contributed by atoms with Crippen molar-refractivity contribution in [2.24, 2.45) is 0 Å². The molecule has 1 aliphatic heterocycles. The molecule has 0 radical (unpaired) electrons. The highest BCUT2D eigenvalue weighted by atomic mass is 16.3. The SMILES string of the molecule is CN1C(CCc2ccc(O)cc2)CCCC1CCc1ccc(O)cc1. The maximum Gasteiger partial charge on any atom is 0.115 e. The van der Waals surface area contributed by atoms with E-state index in [9.17, 15) is 10.2 Å². The van der Waals surface area contributed by atoms with Crippen LogP contribution in [0.4, 0.5) is 0 Å². The van der Waals surface area contributed by atoms with Gasteiger partial charge in [-0.3, -0.25) is 0 Å². The average molecular weight is 339 g/mol. The van der Waals surface area contributed by atoms with Crippen molar-refractivity contribution in [3.8, 4) is 11.5 Å². The predicted octanol–water partition coefficient (Wildman–Crippen LogP) is 4.52. The first-order valence-electron chi connectivity index (χ1n) is 9.39. The Labute approximate surface area is 150 Å². The van der Waals surface area contributed by atoms with E-state index in [1.165, 1.54) is 43.2 Å². The maximum atomic E-state index is 9.40. The molecule has 0 aliphatic carbocycles. The largest absolute Gasteiger partial charge is 0.508 e. The van der Waals surface area contributed by atoms with Gasteiger partial charge in [-0.2, -0.15) is 0 Å². The summed E-state index contributed by atoms with van der Waals surface area (Å²) in [4.78, 5) is 2.59. The molecule has 1 fully saturated rings. The summed E-state index contributed by atoms with van der Waals surface area (Å²) in [6.45, 7) is 0. The molecular formula is C22H29NO2. The van der Waals surface area contributed by atoms with E-state index in [1.54, 1.807) is 24.3 Å². The van der Waals surface area contributed by atoms with Crippen LogP contribution >= 0.6 is 0 Å². The molecule has 134 valence electrons. The van der Waals surface area contributed by atoms with Crippen molar-refractivity contribution in [3.05, 3.63) is 59.7 Å². The normalized spacial score (nSPS) is 21.3. The van der Waals surface area contributed by atoms with Crippen molar-refractivity contribution >= 4 is 0 Å². The molecule has 0 aromatic heterocycles. The minimum Gasteiger partial charge on any atom is -0.508 e. The van der Waals surface area contributed by atoms with Gasteiger partial charge in [-0.15, -0.1) is 0 Å². The van der Waals surface area contributed by atoms with E-state index >= 15 is 0 Å². The number of aromatic hydroxyl groups is 2. The number of nitrogens with zero attached hydrogens (tertiary/aromatic N) is 1. The van der Waals surface area contributed by atoms with Gasteiger partial charge in [0.2, 0.25) is 0 Å². The number of rotatable bonds is 6. The van der Waals surface area contributed by atoms with E-state index in [4.69, 9.17) is 0 Å². The van der Waals surface area contributed by atoms with Gasteiger partial charge in [0.15, 0.2) is 0 Å². The third-order valence-corrected chi connectivity index (χ3v) is 5.63. The van der Waals surface area contributed by atoms with E-state index in [-0.39, 0.29) is 0 Å². The standard InChI is InChI=1S/C22H29NO2/c1-23-19(11-5-17-7-13-21(24)14-8-17)3-2-4-20(23)12-6-18-9-15-22(25)16-10-18/h7-10,13-16,19-20,24-25H,2-6,11-12H2,1H3. The maximum absolute atomic E-state index is 9.40. The van der Waals surface area contributed by atoms with Gasteiger partial charge in [0.1, 0.15) is 11.5 Å². The molecular weight excluding hydrogens is 310 g/mol. The van der Waals surface area contributed by atoms with Gasteiger partial charge in [0, 0.05) is 12.1 Å². The lowest BCUT2D eigenvalue weighted by atomic mass is 9.89. The Morgan fingerprint density at radius 3 is 1.56 bits per heavy atom. The zero-order valence-corrected chi connectivity index (χ0v) is 15.1. The van der Waals surface area contributed by atoms with Gasteiger partial charge in [-0.05, 0) is 81.0 Å². The molecule has 0 bridgehead atoms. The smallest absolute Gasteiger partial charge is 0.115 e. The van der Waals surface area contributed by atoms with Crippen LogP contribution in [0.2, 0.25) is 0 Å². The number of phenols is 2. The Kier molecular flexibility index (Phi) is 5.98. The predicted molar refractivity (Wildman–Crippen MR) is 102 cm³/mol. The lowest BCUT2D eigenvalue weighted by Gasteiger charge is -2.40. The van der Waals surface area contributed by atoms with Crippen LogP contribution in [0, 0.1) is 0 Å². The molecule has 2 aromatic carbocycles. The summed E-state index contributed by atoms with van der Waals surface area (Å²) in [5.41, 5.74) is 2.61. The van der Waals surface area contributed by atoms with Gasteiger partial charge < -0.3 is 15.1 Å². The number of aryl methyl sites for hydroxylation is 2. The third kappa shape index (κ3) is 4.99. The molecule has 1 saturated heterocycles. The molecule has 2 N–H and O–H groups in total. The Morgan fingerprint density at radius 2 is 1.16 bits per heavy atom. The molecule has 0 saturated carbocycles. The van der Waals surface area contributed by atoms with Crippen LogP contribution in [0.15, 0.2) is 48.5 Å². The second-order valence-corrected chi connectivity index (χ2v) is 7.31. The highest BCUT2D eigenvalue weighted by Crippen LogP contribution is 2.27. The van der Waals surface area contributed by atoms with E-state index in [1.807, 2.05) is 24.3 Å². The van der Waals surface area contributed by atoms with Crippen molar-refractivity contribution in [2.45, 2.75) is 57.0 Å². The van der Waals surface area contributed by atoms with Crippen molar-refractivity contribution < 1.29 is 10.2 Å². The highest BCUT2D eigenvalue weighted by Gasteiger charge is 2.26. The van der Waals surface area contributed by atoms with Gasteiger partial charge in [-0.1, -0.05) is 30.7 Å². The Hall–Kier alpha value is -2.00. The molecule has 1 heterocycles. The molecule has 3 rings (SSSR count). The van der Waals surface area contributed by atoms with E-state index < -0.39 is 0 Å². The van der Waals surface area contributed by atoms with Gasteiger partial charge in [0.25, 0.3) is 0 Å². The number of phenolic OH excluding ortho intramolecular Hbond substituents is 2. The van der Waals surface area contributed by atoms with Crippen LogP contribution in [0.3, 0.4) is 0 Å². The van der Waals surface area contributed by atoms with E-state index in [2.05, 4.69) is 11.9 Å². The van der Waals surface area contributed by atoms with Crippen LogP contribution < -0.4 is 0 Å². The summed E-state index contributed by atoms with van der Waals surface area (Å²) in [6.07, 6.45) is 8.37. The molecule has 3 heteroatoms. The lowest BCUT2D eigenvalue weighted by Crippen LogP contribution is -2.44. The van der Waals surface area contributed by atoms with Crippen molar-refractivity contribution in [1.29, 1.82) is 0 Å². The van der Waals surface area contributed by atoms with Gasteiger partial charge in [-0.25, -0.2) is 0 Å². The molecule has 2 unspecified atom stereocenters. The summed E-state index contributed by atoms with van der Waals surface area (Å²) in [5.74, 6) is 0.681. The second kappa shape index (κ2) is 8.39. The minimum atomic E-state index is 0.341. The van der Waals surface area contributed by atoms with Gasteiger partial charge >= 0.3 is 0 Å². The monoisotopic (exact) mass is 339 g/mol. The van der Waals surface area contributed by atoms with Crippen molar-refractivity contribution in [3.63, 3.8) is 0 Å². The summed E-state index contributed by atoms with van der Waals surface area (Å²) >= 11 is 0. The highest BCUT2D eigenvalue weighted by molar-refractivity contribution is 5.26. The third-order valence-electron chi connectivity index (χ3n) is 5.63. The zero-order valence-electron chi connectivity index (χ0n) is 15.1. The molecule has 3 nitrogen and oxygen atoms in total. The average Bonchev–Trinajstić information content (AvgIpc) is 2.62.